The first-order chi connectivity index (χ1) is 9.04. The Hall–Kier alpha value is -1.41. The molecule has 5 nitrogen and oxygen atoms in total. The first-order valence-electron chi connectivity index (χ1n) is 5.66. The van der Waals surface area contributed by atoms with E-state index in [9.17, 15) is 8.42 Å². The molecular weight excluding hydrogens is 282 g/mol. The molecule has 0 bridgehead atoms. The first-order valence-corrected chi connectivity index (χ1v) is 8.02. The molecule has 1 unspecified atom stereocenters. The third-order valence-corrected chi connectivity index (χ3v) is 5.29. The molecule has 19 heavy (non-hydrogen) atoms. The second-order valence-corrected chi connectivity index (χ2v) is 6.66. The fourth-order valence-electron chi connectivity index (χ4n) is 1.71. The number of hydrogen-bond donors (Lipinski definition) is 3. The van der Waals surface area contributed by atoms with Crippen molar-refractivity contribution < 1.29 is 8.42 Å². The van der Waals surface area contributed by atoms with Crippen LogP contribution in [0.2, 0.25) is 0 Å². The van der Waals surface area contributed by atoms with Crippen LogP contribution < -0.4 is 16.0 Å². The van der Waals surface area contributed by atoms with Crippen molar-refractivity contribution in [3.8, 4) is 0 Å². The Labute approximate surface area is 116 Å². The van der Waals surface area contributed by atoms with Gasteiger partial charge in [0.25, 0.3) is 0 Å². The summed E-state index contributed by atoms with van der Waals surface area (Å²) in [7, 11) is -3.61. The highest BCUT2D eigenvalue weighted by Gasteiger charge is 2.21. The molecule has 0 fully saturated rings. The van der Waals surface area contributed by atoms with Crippen LogP contribution in [0.5, 0.6) is 0 Å². The van der Waals surface area contributed by atoms with Crippen molar-refractivity contribution in [1.82, 2.24) is 4.72 Å². The van der Waals surface area contributed by atoms with Gasteiger partial charge in [-0.2, -0.15) is 0 Å². The molecule has 1 aromatic heterocycles. The topological polar surface area (TPSA) is 84.2 Å². The van der Waals surface area contributed by atoms with Crippen molar-refractivity contribution in [3.05, 3.63) is 46.7 Å². The number of benzene rings is 1. The second kappa shape index (κ2) is 5.70. The van der Waals surface area contributed by atoms with Gasteiger partial charge in [0.2, 0.25) is 10.0 Å². The Morgan fingerprint density at radius 3 is 2.58 bits per heavy atom. The molecule has 0 saturated carbocycles. The summed E-state index contributed by atoms with van der Waals surface area (Å²) in [6.45, 7) is 1.81. The number of anilines is 1. The van der Waals surface area contributed by atoms with Gasteiger partial charge in [0.1, 0.15) is 4.90 Å². The molecule has 2 aromatic rings. The molecule has 102 valence electrons. The van der Waals surface area contributed by atoms with Crippen LogP contribution in [0.4, 0.5) is 5.69 Å². The van der Waals surface area contributed by atoms with E-state index in [0.717, 1.165) is 4.88 Å². The van der Waals surface area contributed by atoms with Gasteiger partial charge in [-0.15, -0.1) is 11.3 Å². The van der Waals surface area contributed by atoms with Crippen LogP contribution in [-0.4, -0.2) is 8.42 Å². The molecular formula is C12H15N3O2S2. The summed E-state index contributed by atoms with van der Waals surface area (Å²) in [6.07, 6.45) is 0. The Kier molecular flexibility index (Phi) is 4.20. The van der Waals surface area contributed by atoms with Crippen LogP contribution in [0.3, 0.4) is 0 Å². The van der Waals surface area contributed by atoms with Crippen molar-refractivity contribution in [2.75, 3.05) is 5.43 Å². The largest absolute Gasteiger partial charge is 0.323 e. The van der Waals surface area contributed by atoms with E-state index < -0.39 is 10.0 Å². The van der Waals surface area contributed by atoms with Gasteiger partial charge in [-0.1, -0.05) is 18.2 Å². The third-order valence-electron chi connectivity index (χ3n) is 2.63. The van der Waals surface area contributed by atoms with Crippen molar-refractivity contribution in [2.24, 2.45) is 5.84 Å². The fraction of sp³-hybridized carbons (Fsp3) is 0.167. The summed E-state index contributed by atoms with van der Waals surface area (Å²) < 4.78 is 27.3. The van der Waals surface area contributed by atoms with E-state index in [-0.39, 0.29) is 10.9 Å². The molecule has 2 rings (SSSR count). The molecule has 0 saturated heterocycles. The van der Waals surface area contributed by atoms with Crippen LogP contribution in [0.15, 0.2) is 46.7 Å². The quantitative estimate of drug-likeness (QED) is 0.582. The first kappa shape index (κ1) is 14.0. The highest BCUT2D eigenvalue weighted by atomic mass is 32.2. The number of para-hydroxylation sites is 1. The Balaban J connectivity index is 2.28. The van der Waals surface area contributed by atoms with Crippen LogP contribution in [0, 0.1) is 0 Å². The molecule has 0 aliphatic rings. The highest BCUT2D eigenvalue weighted by molar-refractivity contribution is 7.89. The minimum absolute atomic E-state index is 0.140. The minimum Gasteiger partial charge on any atom is -0.323 e. The monoisotopic (exact) mass is 297 g/mol. The summed E-state index contributed by atoms with van der Waals surface area (Å²) in [5.74, 6) is 5.33. The average molecular weight is 297 g/mol. The lowest BCUT2D eigenvalue weighted by atomic mass is 10.3. The van der Waals surface area contributed by atoms with Crippen molar-refractivity contribution in [2.45, 2.75) is 17.9 Å². The summed E-state index contributed by atoms with van der Waals surface area (Å²) in [5, 5.41) is 1.91. The zero-order valence-electron chi connectivity index (χ0n) is 10.3. The summed E-state index contributed by atoms with van der Waals surface area (Å²) in [4.78, 5) is 1.10. The number of rotatable bonds is 5. The summed E-state index contributed by atoms with van der Waals surface area (Å²) in [6, 6.07) is 10.0. The van der Waals surface area contributed by atoms with E-state index >= 15 is 0 Å². The minimum atomic E-state index is -3.61. The predicted octanol–water partition coefficient (Wildman–Crippen LogP) is 2.07. The van der Waals surface area contributed by atoms with E-state index in [1.165, 1.54) is 17.4 Å². The molecule has 0 aliphatic heterocycles. The van der Waals surface area contributed by atoms with Gasteiger partial charge in [0.15, 0.2) is 0 Å². The average Bonchev–Trinajstić information content (AvgIpc) is 2.92. The molecule has 1 atom stereocenters. The van der Waals surface area contributed by atoms with Crippen molar-refractivity contribution >= 4 is 27.0 Å². The van der Waals surface area contributed by atoms with E-state index in [0.29, 0.717) is 5.69 Å². The molecule has 4 N–H and O–H groups in total. The van der Waals surface area contributed by atoms with Crippen LogP contribution >= 0.6 is 11.3 Å². The van der Waals surface area contributed by atoms with Crippen LogP contribution in [0.25, 0.3) is 0 Å². The van der Waals surface area contributed by atoms with Gasteiger partial charge in [-0.05, 0) is 30.5 Å². The SMILES string of the molecule is CC(NS(=O)(=O)c1ccccc1NN)c1cccs1. The van der Waals surface area contributed by atoms with Crippen molar-refractivity contribution in [3.63, 3.8) is 0 Å². The van der Waals surface area contributed by atoms with Gasteiger partial charge >= 0.3 is 0 Å². The smallest absolute Gasteiger partial charge is 0.243 e. The van der Waals surface area contributed by atoms with Crippen LogP contribution in [0.1, 0.15) is 17.8 Å². The Morgan fingerprint density at radius 1 is 1.21 bits per heavy atom. The normalized spacial score (nSPS) is 13.2. The molecule has 1 aromatic carbocycles. The second-order valence-electron chi connectivity index (χ2n) is 4.00. The van der Waals surface area contributed by atoms with Crippen LogP contribution in [-0.2, 0) is 10.0 Å². The maximum atomic E-state index is 12.3. The third kappa shape index (κ3) is 3.13. The summed E-state index contributed by atoms with van der Waals surface area (Å²) >= 11 is 1.51. The van der Waals surface area contributed by atoms with Gasteiger partial charge in [-0.25, -0.2) is 13.1 Å². The summed E-state index contributed by atoms with van der Waals surface area (Å²) in [5.41, 5.74) is 2.76. The number of sulfonamides is 1. The Bertz CT molecular complexity index is 639. The molecule has 0 amide bonds. The van der Waals surface area contributed by atoms with E-state index in [4.69, 9.17) is 5.84 Å². The number of hydrogen-bond acceptors (Lipinski definition) is 5. The maximum absolute atomic E-state index is 12.3. The maximum Gasteiger partial charge on any atom is 0.243 e. The standard InChI is InChI=1S/C12H15N3O2S2/c1-9(11-6-4-8-18-11)15-19(16,17)12-7-3-2-5-10(12)14-13/h2-9,14-15H,13H2,1H3. The number of nitrogens with two attached hydrogens (primary N) is 1. The zero-order valence-corrected chi connectivity index (χ0v) is 12.0. The Morgan fingerprint density at radius 2 is 1.95 bits per heavy atom. The number of nitrogens with one attached hydrogen (secondary N) is 2. The molecule has 1 heterocycles. The van der Waals surface area contributed by atoms with Gasteiger partial charge in [0, 0.05) is 4.88 Å². The lowest BCUT2D eigenvalue weighted by Crippen LogP contribution is -2.27. The predicted molar refractivity (Wildman–Crippen MR) is 77.3 cm³/mol. The molecule has 0 aliphatic carbocycles. The number of hydrazine groups is 1. The zero-order chi connectivity index (χ0) is 13.9. The fourth-order valence-corrected chi connectivity index (χ4v) is 3.91. The van der Waals surface area contributed by atoms with E-state index in [1.807, 2.05) is 24.4 Å². The lowest BCUT2D eigenvalue weighted by Gasteiger charge is -2.15. The molecule has 7 heteroatoms. The van der Waals surface area contributed by atoms with Gasteiger partial charge < -0.3 is 5.43 Å². The van der Waals surface area contributed by atoms with Gasteiger partial charge in [-0.3, -0.25) is 5.84 Å². The van der Waals surface area contributed by atoms with E-state index in [2.05, 4.69) is 10.1 Å². The van der Waals surface area contributed by atoms with E-state index in [1.54, 1.807) is 18.2 Å². The lowest BCUT2D eigenvalue weighted by molar-refractivity contribution is 0.569. The highest BCUT2D eigenvalue weighted by Crippen LogP contribution is 2.24. The number of nitrogen functional groups attached to an aromatic ring is 1. The molecule has 0 radical (unpaired) electrons. The number of thiophene rings is 1. The van der Waals surface area contributed by atoms with Crippen molar-refractivity contribution in [1.29, 1.82) is 0 Å². The van der Waals surface area contributed by atoms with Gasteiger partial charge in [0.05, 0.1) is 11.7 Å². The molecule has 0 spiro atoms.